The van der Waals surface area contributed by atoms with Gasteiger partial charge in [-0.2, -0.15) is 0 Å². The summed E-state index contributed by atoms with van der Waals surface area (Å²) in [5.74, 6) is 1.45. The Morgan fingerprint density at radius 1 is 1.14 bits per heavy atom. The van der Waals surface area contributed by atoms with E-state index in [1.165, 1.54) is 36.0 Å². The zero-order chi connectivity index (χ0) is 14.1. The van der Waals surface area contributed by atoms with Crippen molar-refractivity contribution in [1.29, 1.82) is 0 Å². The van der Waals surface area contributed by atoms with Crippen molar-refractivity contribution in [2.75, 3.05) is 13.2 Å². The molecule has 110 valence electrons. The molecule has 1 saturated heterocycles. The molecule has 0 spiro atoms. The van der Waals surface area contributed by atoms with Gasteiger partial charge in [0.1, 0.15) is 0 Å². The van der Waals surface area contributed by atoms with Gasteiger partial charge in [0.05, 0.1) is 6.54 Å². The van der Waals surface area contributed by atoms with Crippen LogP contribution in [0.15, 0.2) is 18.2 Å². The Hall–Kier alpha value is -1.75. The van der Waals surface area contributed by atoms with Gasteiger partial charge in [0.2, 0.25) is 0 Å². The minimum atomic E-state index is 0.433. The molecule has 1 aliphatic heterocycles. The lowest BCUT2D eigenvalue weighted by atomic mass is 9.99. The predicted octanol–water partition coefficient (Wildman–Crippen LogP) is 2.10. The summed E-state index contributed by atoms with van der Waals surface area (Å²) >= 11 is 0. The Morgan fingerprint density at radius 2 is 2.00 bits per heavy atom. The number of fused-ring (bicyclic) bond motifs is 1. The molecule has 5 heteroatoms. The van der Waals surface area contributed by atoms with Crippen LogP contribution in [0.4, 0.5) is 0 Å². The Bertz CT molecular complexity index is 631. The second kappa shape index (κ2) is 5.56. The van der Waals surface area contributed by atoms with Crippen LogP contribution in [0.3, 0.4) is 0 Å². The molecule has 0 bridgehead atoms. The van der Waals surface area contributed by atoms with Crippen LogP contribution in [0.1, 0.15) is 47.7 Å². The minimum absolute atomic E-state index is 0.433. The first kappa shape index (κ1) is 13.0. The van der Waals surface area contributed by atoms with Gasteiger partial charge in [-0.05, 0) is 59.2 Å². The van der Waals surface area contributed by atoms with E-state index in [4.69, 9.17) is 4.74 Å². The number of tetrazole rings is 1. The van der Waals surface area contributed by atoms with Crippen molar-refractivity contribution in [3.05, 3.63) is 40.7 Å². The van der Waals surface area contributed by atoms with Crippen molar-refractivity contribution in [1.82, 2.24) is 20.2 Å². The van der Waals surface area contributed by atoms with E-state index in [0.29, 0.717) is 5.92 Å². The number of rotatable bonds is 3. The Morgan fingerprint density at radius 3 is 2.90 bits per heavy atom. The molecule has 1 aliphatic carbocycles. The third-order valence-corrected chi connectivity index (χ3v) is 4.64. The molecular weight excluding hydrogens is 264 g/mol. The van der Waals surface area contributed by atoms with Crippen LogP contribution in [-0.4, -0.2) is 33.4 Å². The second-order valence-electron chi connectivity index (χ2n) is 6.04. The topological polar surface area (TPSA) is 52.8 Å². The van der Waals surface area contributed by atoms with Gasteiger partial charge in [0.25, 0.3) is 0 Å². The maximum Gasteiger partial charge on any atom is 0.154 e. The molecule has 21 heavy (non-hydrogen) atoms. The summed E-state index contributed by atoms with van der Waals surface area (Å²) in [6.45, 7) is 2.40. The van der Waals surface area contributed by atoms with Gasteiger partial charge in [-0.1, -0.05) is 18.2 Å². The van der Waals surface area contributed by atoms with Crippen LogP contribution in [0, 0.1) is 0 Å². The van der Waals surface area contributed by atoms with E-state index in [0.717, 1.165) is 38.4 Å². The Kier molecular flexibility index (Phi) is 3.43. The molecule has 5 nitrogen and oxygen atoms in total. The van der Waals surface area contributed by atoms with E-state index in [-0.39, 0.29) is 0 Å². The van der Waals surface area contributed by atoms with Crippen LogP contribution in [0.25, 0.3) is 0 Å². The molecule has 0 amide bonds. The number of hydrogen-bond donors (Lipinski definition) is 0. The SMILES string of the molecule is c1cc2c(cc1Cn1nnnc1C1CCOCC1)CCC2. The third-order valence-electron chi connectivity index (χ3n) is 4.64. The molecular formula is C16H20N4O. The van der Waals surface area contributed by atoms with Crippen molar-refractivity contribution in [3.8, 4) is 0 Å². The number of aromatic nitrogens is 4. The standard InChI is InChI=1S/C16H20N4O/c1-2-13-5-4-12(10-15(13)3-1)11-20-16(17-18-19-20)14-6-8-21-9-7-14/h4-5,10,14H,1-3,6-9,11H2. The van der Waals surface area contributed by atoms with E-state index in [1.807, 2.05) is 4.68 Å². The van der Waals surface area contributed by atoms with E-state index in [9.17, 15) is 0 Å². The van der Waals surface area contributed by atoms with Crippen molar-refractivity contribution in [2.24, 2.45) is 0 Å². The number of benzene rings is 1. The van der Waals surface area contributed by atoms with Crippen LogP contribution in [0.5, 0.6) is 0 Å². The highest BCUT2D eigenvalue weighted by Gasteiger charge is 2.22. The first-order valence-electron chi connectivity index (χ1n) is 7.84. The molecule has 0 atom stereocenters. The predicted molar refractivity (Wildman–Crippen MR) is 78.2 cm³/mol. The fraction of sp³-hybridized carbons (Fsp3) is 0.562. The molecule has 0 saturated carbocycles. The summed E-state index contributed by atoms with van der Waals surface area (Å²) in [7, 11) is 0. The molecule has 2 heterocycles. The molecule has 1 fully saturated rings. The number of hydrogen-bond acceptors (Lipinski definition) is 4. The van der Waals surface area contributed by atoms with E-state index in [2.05, 4.69) is 33.7 Å². The Balaban J connectivity index is 1.56. The van der Waals surface area contributed by atoms with E-state index < -0.39 is 0 Å². The highest BCUT2D eigenvalue weighted by atomic mass is 16.5. The first-order valence-corrected chi connectivity index (χ1v) is 7.84. The molecule has 0 N–H and O–H groups in total. The van der Waals surface area contributed by atoms with Gasteiger partial charge >= 0.3 is 0 Å². The van der Waals surface area contributed by atoms with Crippen molar-refractivity contribution >= 4 is 0 Å². The van der Waals surface area contributed by atoms with Gasteiger partial charge in [0.15, 0.2) is 5.82 Å². The second-order valence-corrected chi connectivity index (χ2v) is 6.04. The number of aryl methyl sites for hydroxylation is 2. The van der Waals surface area contributed by atoms with Crippen molar-refractivity contribution in [3.63, 3.8) is 0 Å². The Labute approximate surface area is 124 Å². The van der Waals surface area contributed by atoms with Gasteiger partial charge in [-0.25, -0.2) is 4.68 Å². The molecule has 0 unspecified atom stereocenters. The summed E-state index contributed by atoms with van der Waals surface area (Å²) in [4.78, 5) is 0. The largest absolute Gasteiger partial charge is 0.381 e. The fourth-order valence-electron chi connectivity index (χ4n) is 3.47. The molecule has 0 radical (unpaired) electrons. The highest BCUT2D eigenvalue weighted by molar-refractivity contribution is 5.35. The van der Waals surface area contributed by atoms with Crippen molar-refractivity contribution in [2.45, 2.75) is 44.6 Å². The molecule has 4 rings (SSSR count). The minimum Gasteiger partial charge on any atom is -0.381 e. The van der Waals surface area contributed by atoms with Crippen LogP contribution >= 0.6 is 0 Å². The lowest BCUT2D eigenvalue weighted by molar-refractivity contribution is 0.0826. The fourth-order valence-corrected chi connectivity index (χ4v) is 3.47. The zero-order valence-electron chi connectivity index (χ0n) is 12.2. The maximum atomic E-state index is 5.43. The highest BCUT2D eigenvalue weighted by Crippen LogP contribution is 2.26. The summed E-state index contributed by atoms with van der Waals surface area (Å²) in [5.41, 5.74) is 4.32. The third kappa shape index (κ3) is 2.58. The zero-order valence-corrected chi connectivity index (χ0v) is 12.2. The van der Waals surface area contributed by atoms with Crippen LogP contribution in [0.2, 0.25) is 0 Å². The molecule has 1 aromatic heterocycles. The quantitative estimate of drug-likeness (QED) is 0.866. The van der Waals surface area contributed by atoms with Gasteiger partial charge in [0, 0.05) is 19.1 Å². The van der Waals surface area contributed by atoms with Gasteiger partial charge < -0.3 is 4.74 Å². The van der Waals surface area contributed by atoms with Crippen LogP contribution < -0.4 is 0 Å². The van der Waals surface area contributed by atoms with Crippen LogP contribution in [-0.2, 0) is 24.1 Å². The summed E-state index contributed by atoms with van der Waals surface area (Å²) < 4.78 is 7.39. The van der Waals surface area contributed by atoms with Gasteiger partial charge in [-0.3, -0.25) is 0 Å². The lowest BCUT2D eigenvalue weighted by Crippen LogP contribution is -2.19. The lowest BCUT2D eigenvalue weighted by Gasteiger charge is -2.21. The maximum absolute atomic E-state index is 5.43. The monoisotopic (exact) mass is 284 g/mol. The number of ether oxygens (including phenoxy) is 1. The summed E-state index contributed by atoms with van der Waals surface area (Å²) in [5, 5.41) is 12.3. The average molecular weight is 284 g/mol. The van der Waals surface area contributed by atoms with Gasteiger partial charge in [-0.15, -0.1) is 5.10 Å². The van der Waals surface area contributed by atoms with Crippen molar-refractivity contribution < 1.29 is 4.74 Å². The smallest absolute Gasteiger partial charge is 0.154 e. The van der Waals surface area contributed by atoms with E-state index in [1.54, 1.807) is 0 Å². The normalized spacial score (nSPS) is 18.9. The summed E-state index contributed by atoms with van der Waals surface area (Å²) in [6, 6.07) is 6.83. The first-order chi connectivity index (χ1) is 10.4. The average Bonchev–Trinajstić information content (AvgIpc) is 3.16. The number of nitrogens with zero attached hydrogens (tertiary/aromatic N) is 4. The molecule has 2 aliphatic rings. The molecule has 1 aromatic carbocycles. The summed E-state index contributed by atoms with van der Waals surface area (Å²) in [6.07, 6.45) is 5.77. The molecule has 2 aromatic rings. The van der Waals surface area contributed by atoms with E-state index >= 15 is 0 Å².